The second-order valence-corrected chi connectivity index (χ2v) is 8.46. The molecule has 0 radical (unpaired) electrons. The molecule has 30 heavy (non-hydrogen) atoms. The molecule has 152 valence electrons. The molecule has 1 saturated carbocycles. The number of rotatable bonds is 2. The molecule has 6 heteroatoms. The molecule has 0 saturated heterocycles. The maximum absolute atomic E-state index is 13.8. The SMILES string of the molecule is Cn1c2ccccc2c(=O)c2c(=O)n(-c3ccc(Cl)cc3)c(C3CCCCC3)nc21. The number of hydrogen-bond donors (Lipinski definition) is 0. The monoisotopic (exact) mass is 419 g/mol. The Morgan fingerprint density at radius 3 is 2.40 bits per heavy atom. The van der Waals surface area contributed by atoms with Gasteiger partial charge in [0.15, 0.2) is 5.65 Å². The minimum atomic E-state index is -0.311. The third-order valence-electron chi connectivity index (χ3n) is 6.20. The van der Waals surface area contributed by atoms with Crippen molar-refractivity contribution in [1.82, 2.24) is 14.1 Å². The summed E-state index contributed by atoms with van der Waals surface area (Å²) < 4.78 is 3.50. The Morgan fingerprint density at radius 1 is 0.967 bits per heavy atom. The third-order valence-corrected chi connectivity index (χ3v) is 6.45. The van der Waals surface area contributed by atoms with E-state index in [-0.39, 0.29) is 22.3 Å². The van der Waals surface area contributed by atoms with E-state index in [1.807, 2.05) is 41.9 Å². The van der Waals surface area contributed by atoms with Crippen molar-refractivity contribution >= 4 is 33.5 Å². The molecular weight excluding hydrogens is 398 g/mol. The van der Waals surface area contributed by atoms with Gasteiger partial charge in [0, 0.05) is 23.4 Å². The lowest BCUT2D eigenvalue weighted by Gasteiger charge is -2.25. The van der Waals surface area contributed by atoms with Gasteiger partial charge in [-0.3, -0.25) is 14.2 Å². The molecule has 0 N–H and O–H groups in total. The van der Waals surface area contributed by atoms with Crippen molar-refractivity contribution in [3.63, 3.8) is 0 Å². The molecular formula is C24H22ClN3O2. The first-order valence-electron chi connectivity index (χ1n) is 10.4. The highest BCUT2D eigenvalue weighted by molar-refractivity contribution is 6.30. The van der Waals surface area contributed by atoms with Gasteiger partial charge in [-0.15, -0.1) is 0 Å². The largest absolute Gasteiger partial charge is 0.328 e. The van der Waals surface area contributed by atoms with Gasteiger partial charge in [0.2, 0.25) is 5.43 Å². The molecule has 5 nitrogen and oxygen atoms in total. The molecule has 0 amide bonds. The fourth-order valence-corrected chi connectivity index (χ4v) is 4.77. The first-order valence-corrected chi connectivity index (χ1v) is 10.7. The van der Waals surface area contributed by atoms with Gasteiger partial charge in [-0.25, -0.2) is 4.98 Å². The topological polar surface area (TPSA) is 56.9 Å². The van der Waals surface area contributed by atoms with Crippen LogP contribution >= 0.6 is 11.6 Å². The number of nitrogens with zero attached hydrogens (tertiary/aromatic N) is 3. The first kappa shape index (κ1) is 19.1. The van der Waals surface area contributed by atoms with Crippen molar-refractivity contribution in [2.24, 2.45) is 7.05 Å². The van der Waals surface area contributed by atoms with E-state index in [1.165, 1.54) is 6.42 Å². The standard InChI is InChI=1S/C24H22ClN3O2/c1-27-19-10-6-5-9-18(19)21(29)20-23(27)26-22(15-7-3-2-4-8-15)28(24(20)30)17-13-11-16(25)12-14-17/h5-6,9-15H,2-4,7-8H2,1H3. The summed E-state index contributed by atoms with van der Waals surface area (Å²) >= 11 is 6.08. The molecule has 1 aliphatic rings. The Bertz CT molecular complexity index is 1380. The number of benzene rings is 2. The predicted octanol–water partition coefficient (Wildman–Crippen LogP) is 4.94. The van der Waals surface area contributed by atoms with Gasteiger partial charge in [-0.05, 0) is 49.2 Å². The van der Waals surface area contributed by atoms with E-state index >= 15 is 0 Å². The summed E-state index contributed by atoms with van der Waals surface area (Å²) in [5.74, 6) is 0.924. The molecule has 2 heterocycles. The van der Waals surface area contributed by atoms with Gasteiger partial charge in [-0.2, -0.15) is 0 Å². The lowest BCUT2D eigenvalue weighted by Crippen LogP contribution is -2.31. The second kappa shape index (κ2) is 7.40. The number of hydrogen-bond acceptors (Lipinski definition) is 3. The molecule has 0 bridgehead atoms. The molecule has 0 spiro atoms. The van der Waals surface area contributed by atoms with Crippen molar-refractivity contribution < 1.29 is 0 Å². The lowest BCUT2D eigenvalue weighted by atomic mass is 9.88. The van der Waals surface area contributed by atoms with Gasteiger partial charge in [0.1, 0.15) is 11.2 Å². The van der Waals surface area contributed by atoms with Crippen LogP contribution in [0.4, 0.5) is 0 Å². The summed E-state index contributed by atoms with van der Waals surface area (Å²) in [4.78, 5) is 32.0. The Morgan fingerprint density at radius 2 is 1.67 bits per heavy atom. The first-order chi connectivity index (χ1) is 14.6. The average Bonchev–Trinajstić information content (AvgIpc) is 2.78. The average molecular weight is 420 g/mol. The van der Waals surface area contributed by atoms with E-state index < -0.39 is 0 Å². The van der Waals surface area contributed by atoms with Crippen LogP contribution < -0.4 is 11.0 Å². The van der Waals surface area contributed by atoms with Crippen LogP contribution in [0.3, 0.4) is 0 Å². The van der Waals surface area contributed by atoms with Crippen molar-refractivity contribution in [2.45, 2.75) is 38.0 Å². The van der Waals surface area contributed by atoms with Crippen molar-refractivity contribution in [3.05, 3.63) is 80.0 Å². The zero-order chi connectivity index (χ0) is 20.8. The van der Waals surface area contributed by atoms with E-state index in [0.717, 1.165) is 37.0 Å². The zero-order valence-electron chi connectivity index (χ0n) is 16.8. The highest BCUT2D eigenvalue weighted by Crippen LogP contribution is 2.33. The zero-order valence-corrected chi connectivity index (χ0v) is 17.5. The second-order valence-electron chi connectivity index (χ2n) is 8.03. The fourth-order valence-electron chi connectivity index (χ4n) is 4.65. The van der Waals surface area contributed by atoms with Crippen LogP contribution in [0.25, 0.3) is 27.6 Å². The number of aryl methyl sites for hydroxylation is 1. The summed E-state index contributed by atoms with van der Waals surface area (Å²) in [5, 5.41) is 1.26. The Labute approximate surface area is 178 Å². The van der Waals surface area contributed by atoms with Gasteiger partial charge >= 0.3 is 0 Å². The van der Waals surface area contributed by atoms with Crippen LogP contribution in [0.5, 0.6) is 0 Å². The molecule has 0 unspecified atom stereocenters. The number of aromatic nitrogens is 3. The van der Waals surface area contributed by atoms with E-state index in [1.54, 1.807) is 22.8 Å². The van der Waals surface area contributed by atoms with E-state index in [9.17, 15) is 9.59 Å². The van der Waals surface area contributed by atoms with Crippen LogP contribution in [0.1, 0.15) is 43.8 Å². The van der Waals surface area contributed by atoms with Gasteiger partial charge in [-0.1, -0.05) is 43.0 Å². The smallest absolute Gasteiger partial charge is 0.271 e. The van der Waals surface area contributed by atoms with E-state index in [4.69, 9.17) is 16.6 Å². The summed E-state index contributed by atoms with van der Waals surface area (Å²) in [6, 6.07) is 14.5. The fraction of sp³-hybridized carbons (Fsp3) is 0.292. The molecule has 2 aromatic carbocycles. The number of halogens is 1. The minimum Gasteiger partial charge on any atom is -0.328 e. The van der Waals surface area contributed by atoms with Crippen molar-refractivity contribution in [3.8, 4) is 5.69 Å². The molecule has 5 rings (SSSR count). The lowest BCUT2D eigenvalue weighted by molar-refractivity contribution is 0.422. The van der Waals surface area contributed by atoms with Crippen molar-refractivity contribution in [2.75, 3.05) is 0 Å². The molecule has 1 fully saturated rings. The molecule has 0 atom stereocenters. The summed E-state index contributed by atoms with van der Waals surface area (Å²) in [6.45, 7) is 0. The normalized spacial score (nSPS) is 15.1. The van der Waals surface area contributed by atoms with Gasteiger partial charge < -0.3 is 4.57 Å². The van der Waals surface area contributed by atoms with E-state index in [2.05, 4.69) is 0 Å². The van der Waals surface area contributed by atoms with Crippen LogP contribution in [0, 0.1) is 0 Å². The quantitative estimate of drug-likeness (QED) is 0.432. The summed E-state index contributed by atoms with van der Waals surface area (Å²) in [7, 11) is 1.87. The summed E-state index contributed by atoms with van der Waals surface area (Å²) in [6.07, 6.45) is 5.43. The molecule has 0 aliphatic heterocycles. The Hall–Kier alpha value is -2.92. The summed E-state index contributed by atoms with van der Waals surface area (Å²) in [5.41, 5.74) is 1.34. The molecule has 4 aromatic rings. The Balaban J connectivity index is 1.92. The van der Waals surface area contributed by atoms with E-state index in [0.29, 0.717) is 21.7 Å². The number of fused-ring (bicyclic) bond motifs is 2. The predicted molar refractivity (Wildman–Crippen MR) is 121 cm³/mol. The van der Waals surface area contributed by atoms with Crippen LogP contribution in [0.2, 0.25) is 5.02 Å². The van der Waals surface area contributed by atoms with Crippen molar-refractivity contribution in [1.29, 1.82) is 0 Å². The maximum Gasteiger partial charge on any atom is 0.271 e. The highest BCUT2D eigenvalue weighted by atomic mass is 35.5. The molecule has 2 aromatic heterocycles. The number of pyridine rings is 1. The van der Waals surface area contributed by atoms with Crippen LogP contribution in [0.15, 0.2) is 58.1 Å². The highest BCUT2D eigenvalue weighted by Gasteiger charge is 2.25. The maximum atomic E-state index is 13.8. The van der Waals surface area contributed by atoms with Gasteiger partial charge in [0.05, 0.1) is 11.2 Å². The minimum absolute atomic E-state index is 0.130. The third kappa shape index (κ3) is 2.96. The van der Waals surface area contributed by atoms with Crippen LogP contribution in [-0.4, -0.2) is 14.1 Å². The number of para-hydroxylation sites is 1. The molecule has 1 aliphatic carbocycles. The Kier molecular flexibility index (Phi) is 4.70. The van der Waals surface area contributed by atoms with Crippen LogP contribution in [-0.2, 0) is 7.05 Å². The van der Waals surface area contributed by atoms with Gasteiger partial charge in [0.25, 0.3) is 5.56 Å².